The number of rotatable bonds is 6. The monoisotopic (exact) mass is 271 g/mol. The molecule has 0 aromatic carbocycles. The lowest BCUT2D eigenvalue weighted by Gasteiger charge is -2.24. The van der Waals surface area contributed by atoms with Crippen molar-refractivity contribution in [2.24, 2.45) is 11.1 Å². The average molecular weight is 271 g/mol. The lowest BCUT2D eigenvalue weighted by atomic mass is 10.1. The maximum atomic E-state index is 12.0. The zero-order valence-electron chi connectivity index (χ0n) is 11.2. The van der Waals surface area contributed by atoms with Crippen LogP contribution in [0.2, 0.25) is 0 Å². The molecule has 0 bridgehead atoms. The SMILES string of the molecule is CCN(CC)C(=O)C(C)NC(=O)C1(C(N)=S)CC1. The molecule has 1 saturated carbocycles. The minimum atomic E-state index is -0.701. The van der Waals surface area contributed by atoms with Crippen molar-refractivity contribution in [3.63, 3.8) is 0 Å². The van der Waals surface area contributed by atoms with Gasteiger partial charge in [-0.1, -0.05) is 12.2 Å². The van der Waals surface area contributed by atoms with E-state index in [1.165, 1.54) is 0 Å². The minimum absolute atomic E-state index is 0.0768. The molecule has 5 nitrogen and oxygen atoms in total. The molecule has 1 fully saturated rings. The summed E-state index contributed by atoms with van der Waals surface area (Å²) in [6, 6.07) is -0.538. The van der Waals surface area contributed by atoms with Gasteiger partial charge in [-0.2, -0.15) is 0 Å². The molecular weight excluding hydrogens is 250 g/mol. The van der Waals surface area contributed by atoms with Crippen molar-refractivity contribution in [3.05, 3.63) is 0 Å². The fraction of sp³-hybridized carbons (Fsp3) is 0.750. The number of hydrogen-bond acceptors (Lipinski definition) is 3. The van der Waals surface area contributed by atoms with E-state index in [9.17, 15) is 9.59 Å². The zero-order valence-corrected chi connectivity index (χ0v) is 12.0. The highest BCUT2D eigenvalue weighted by atomic mass is 32.1. The first kappa shape index (κ1) is 14.9. The molecule has 0 aliphatic heterocycles. The van der Waals surface area contributed by atoms with Gasteiger partial charge in [0.2, 0.25) is 11.8 Å². The van der Waals surface area contributed by atoms with E-state index >= 15 is 0 Å². The number of carbonyl (C=O) groups excluding carboxylic acids is 2. The number of nitrogens with one attached hydrogen (secondary N) is 1. The van der Waals surface area contributed by atoms with Gasteiger partial charge in [-0.15, -0.1) is 0 Å². The van der Waals surface area contributed by atoms with Crippen LogP contribution in [-0.4, -0.2) is 40.8 Å². The molecule has 1 aliphatic carbocycles. The Morgan fingerprint density at radius 1 is 1.39 bits per heavy atom. The Hall–Kier alpha value is -1.17. The smallest absolute Gasteiger partial charge is 0.244 e. The average Bonchev–Trinajstić information content (AvgIpc) is 3.11. The second kappa shape index (κ2) is 5.65. The van der Waals surface area contributed by atoms with Crippen LogP contribution in [0.1, 0.15) is 33.6 Å². The van der Waals surface area contributed by atoms with Crippen molar-refractivity contribution in [1.82, 2.24) is 10.2 Å². The number of thiocarbonyl (C=S) groups is 1. The molecule has 3 N–H and O–H groups in total. The summed E-state index contributed by atoms with van der Waals surface area (Å²) in [6.07, 6.45) is 1.36. The largest absolute Gasteiger partial charge is 0.392 e. The Labute approximate surface area is 113 Å². The number of likely N-dealkylation sites (N-methyl/N-ethyl adjacent to an activating group) is 1. The van der Waals surface area contributed by atoms with E-state index < -0.39 is 11.5 Å². The molecule has 18 heavy (non-hydrogen) atoms. The van der Waals surface area contributed by atoms with Crippen molar-refractivity contribution < 1.29 is 9.59 Å². The Morgan fingerprint density at radius 2 is 1.89 bits per heavy atom. The van der Waals surface area contributed by atoms with Gasteiger partial charge in [-0.05, 0) is 33.6 Å². The Bertz CT molecular complexity index is 362. The molecule has 0 radical (unpaired) electrons. The first-order valence-corrected chi connectivity index (χ1v) is 6.69. The highest BCUT2D eigenvalue weighted by Crippen LogP contribution is 2.46. The summed E-state index contributed by atoms with van der Waals surface area (Å²) in [4.78, 5) is 25.9. The predicted molar refractivity (Wildman–Crippen MR) is 74.0 cm³/mol. The zero-order chi connectivity index (χ0) is 13.9. The summed E-state index contributed by atoms with van der Waals surface area (Å²) in [5.74, 6) is -0.296. The summed E-state index contributed by atoms with van der Waals surface area (Å²) in [5, 5.41) is 2.72. The molecule has 6 heteroatoms. The molecular formula is C12H21N3O2S. The molecule has 0 heterocycles. The topological polar surface area (TPSA) is 75.4 Å². The highest BCUT2D eigenvalue weighted by molar-refractivity contribution is 7.80. The van der Waals surface area contributed by atoms with E-state index in [0.717, 1.165) is 0 Å². The van der Waals surface area contributed by atoms with Gasteiger partial charge >= 0.3 is 0 Å². The van der Waals surface area contributed by atoms with Gasteiger partial charge in [0.25, 0.3) is 0 Å². The summed E-state index contributed by atoms with van der Waals surface area (Å²) >= 11 is 4.91. The quantitative estimate of drug-likeness (QED) is 0.687. The number of hydrogen-bond donors (Lipinski definition) is 2. The molecule has 2 amide bonds. The first-order chi connectivity index (χ1) is 8.39. The van der Waals surface area contributed by atoms with Crippen molar-refractivity contribution >= 4 is 29.0 Å². The number of amides is 2. The van der Waals surface area contributed by atoms with Crippen LogP contribution in [0.15, 0.2) is 0 Å². The van der Waals surface area contributed by atoms with Crippen molar-refractivity contribution in [3.8, 4) is 0 Å². The van der Waals surface area contributed by atoms with Crippen LogP contribution in [0.25, 0.3) is 0 Å². The van der Waals surface area contributed by atoms with Gasteiger partial charge in [-0.3, -0.25) is 9.59 Å². The van der Waals surface area contributed by atoms with Crippen LogP contribution in [0.5, 0.6) is 0 Å². The molecule has 0 aromatic heterocycles. The van der Waals surface area contributed by atoms with Gasteiger partial charge in [-0.25, -0.2) is 0 Å². The van der Waals surface area contributed by atoms with E-state index in [1.807, 2.05) is 13.8 Å². The minimum Gasteiger partial charge on any atom is -0.392 e. The molecule has 102 valence electrons. The summed E-state index contributed by atoms with van der Waals surface area (Å²) in [5.41, 5.74) is 4.87. The Kier molecular flexibility index (Phi) is 4.67. The van der Waals surface area contributed by atoms with E-state index in [0.29, 0.717) is 25.9 Å². The predicted octanol–water partition coefficient (Wildman–Crippen LogP) is 0.426. The van der Waals surface area contributed by atoms with Crippen LogP contribution in [-0.2, 0) is 9.59 Å². The molecule has 1 rings (SSSR count). The molecule has 1 aliphatic rings. The van der Waals surface area contributed by atoms with Crippen LogP contribution >= 0.6 is 12.2 Å². The summed E-state index contributed by atoms with van der Waals surface area (Å²) in [7, 11) is 0. The summed E-state index contributed by atoms with van der Waals surface area (Å²) < 4.78 is 0. The van der Waals surface area contributed by atoms with Gasteiger partial charge in [0.1, 0.15) is 6.04 Å². The van der Waals surface area contributed by atoms with Crippen molar-refractivity contribution in [2.75, 3.05) is 13.1 Å². The van der Waals surface area contributed by atoms with Crippen LogP contribution in [0.3, 0.4) is 0 Å². The van der Waals surface area contributed by atoms with Crippen LogP contribution in [0.4, 0.5) is 0 Å². The molecule has 0 aromatic rings. The number of nitrogens with two attached hydrogens (primary N) is 1. The normalized spacial score (nSPS) is 17.7. The van der Waals surface area contributed by atoms with E-state index in [2.05, 4.69) is 5.32 Å². The highest BCUT2D eigenvalue weighted by Gasteiger charge is 2.53. The summed E-state index contributed by atoms with van der Waals surface area (Å²) in [6.45, 7) is 6.78. The van der Waals surface area contributed by atoms with E-state index in [4.69, 9.17) is 18.0 Å². The molecule has 1 atom stereocenters. The van der Waals surface area contributed by atoms with Crippen LogP contribution < -0.4 is 11.1 Å². The van der Waals surface area contributed by atoms with Crippen molar-refractivity contribution in [2.45, 2.75) is 39.7 Å². The first-order valence-electron chi connectivity index (χ1n) is 6.28. The number of nitrogens with zero attached hydrogens (tertiary/aromatic N) is 1. The second-order valence-corrected chi connectivity index (χ2v) is 5.09. The number of carbonyl (C=O) groups is 2. The molecule has 0 spiro atoms. The van der Waals surface area contributed by atoms with Gasteiger partial charge in [0, 0.05) is 13.1 Å². The van der Waals surface area contributed by atoms with Crippen LogP contribution in [0, 0.1) is 5.41 Å². The standard InChI is InChI=1S/C12H21N3O2S/c1-4-15(5-2)9(16)8(3)14-11(17)12(6-7-12)10(13)18/h8H,4-7H2,1-3H3,(H2,13,18)(H,14,17). The van der Waals surface area contributed by atoms with Gasteiger partial charge in [0.05, 0.1) is 10.4 Å². The second-order valence-electron chi connectivity index (χ2n) is 4.65. The maximum Gasteiger partial charge on any atom is 0.244 e. The van der Waals surface area contributed by atoms with E-state index in [1.54, 1.807) is 11.8 Å². The van der Waals surface area contributed by atoms with E-state index in [-0.39, 0.29) is 16.8 Å². The Balaban J connectivity index is 2.60. The third-order valence-corrected chi connectivity index (χ3v) is 3.84. The fourth-order valence-corrected chi connectivity index (χ4v) is 2.21. The Morgan fingerprint density at radius 3 is 2.22 bits per heavy atom. The lowest BCUT2D eigenvalue weighted by molar-refractivity contribution is -0.136. The van der Waals surface area contributed by atoms with Gasteiger partial charge < -0.3 is 16.0 Å². The molecule has 0 saturated heterocycles. The third kappa shape index (κ3) is 2.80. The molecule has 1 unspecified atom stereocenters. The lowest BCUT2D eigenvalue weighted by Crippen LogP contribution is -2.50. The third-order valence-electron chi connectivity index (χ3n) is 3.45. The fourth-order valence-electron chi connectivity index (χ4n) is 1.92. The van der Waals surface area contributed by atoms with Crippen molar-refractivity contribution in [1.29, 1.82) is 0 Å². The maximum absolute atomic E-state index is 12.0. The van der Waals surface area contributed by atoms with Gasteiger partial charge in [0.15, 0.2) is 0 Å².